The van der Waals surface area contributed by atoms with Crippen LogP contribution in [0.3, 0.4) is 0 Å². The molecule has 1 aromatic carbocycles. The van der Waals surface area contributed by atoms with Gasteiger partial charge in [0, 0.05) is 18.0 Å². The molecule has 0 fully saturated rings. The van der Waals surface area contributed by atoms with Crippen LogP contribution in [-0.2, 0) is 12.8 Å². The Hall–Kier alpha value is -1.02. The Morgan fingerprint density at radius 3 is 2.93 bits per heavy atom. The summed E-state index contributed by atoms with van der Waals surface area (Å²) in [6, 6.07) is 6.04. The molecule has 1 atom stereocenters. The molecule has 0 bridgehead atoms. The number of aliphatic imine (C=N–C) groups is 1. The van der Waals surface area contributed by atoms with E-state index in [-0.39, 0.29) is 0 Å². The predicted molar refractivity (Wildman–Crippen MR) is 59.9 cm³/mol. The number of halogens is 1. The van der Waals surface area contributed by atoms with Crippen LogP contribution in [0.5, 0.6) is 0 Å². The van der Waals surface area contributed by atoms with E-state index in [1.54, 1.807) is 7.05 Å². The maximum Gasteiger partial charge on any atom is 0.0971 e. The maximum absolute atomic E-state index is 6.10. The average molecular weight is 209 g/mol. The number of amidine groups is 1. The van der Waals surface area contributed by atoms with Gasteiger partial charge in [-0.2, -0.15) is 0 Å². The van der Waals surface area contributed by atoms with E-state index in [2.05, 4.69) is 11.1 Å². The summed E-state index contributed by atoms with van der Waals surface area (Å²) in [5.41, 5.74) is 8.37. The van der Waals surface area contributed by atoms with E-state index in [0.29, 0.717) is 5.92 Å². The van der Waals surface area contributed by atoms with E-state index in [1.807, 2.05) is 12.1 Å². The quantitative estimate of drug-likeness (QED) is 0.557. The lowest BCUT2D eigenvalue weighted by Crippen LogP contribution is -2.23. The number of fused-ring (bicyclic) bond motifs is 1. The molecular formula is C11H13ClN2. The molecule has 14 heavy (non-hydrogen) atoms. The molecule has 0 heterocycles. The number of benzene rings is 1. The zero-order valence-electron chi connectivity index (χ0n) is 8.13. The van der Waals surface area contributed by atoms with Crippen LogP contribution in [0, 0.1) is 5.92 Å². The van der Waals surface area contributed by atoms with Crippen molar-refractivity contribution < 1.29 is 0 Å². The van der Waals surface area contributed by atoms with Crippen molar-refractivity contribution in [3.05, 3.63) is 34.3 Å². The highest BCUT2D eigenvalue weighted by atomic mass is 35.5. The zero-order valence-corrected chi connectivity index (χ0v) is 8.88. The normalized spacial score (nSPS) is 21.0. The molecule has 1 aliphatic carbocycles. The lowest BCUT2D eigenvalue weighted by Gasteiger charge is -2.06. The molecule has 0 aliphatic heterocycles. The molecule has 0 saturated carbocycles. The molecule has 1 unspecified atom stereocenters. The first-order chi connectivity index (χ1) is 6.72. The first kappa shape index (κ1) is 9.53. The second-order valence-corrected chi connectivity index (χ2v) is 4.04. The topological polar surface area (TPSA) is 38.4 Å². The van der Waals surface area contributed by atoms with Gasteiger partial charge in [0.2, 0.25) is 0 Å². The molecule has 0 radical (unpaired) electrons. The predicted octanol–water partition coefficient (Wildman–Crippen LogP) is 2.04. The molecule has 1 aliphatic rings. The van der Waals surface area contributed by atoms with Crippen molar-refractivity contribution in [2.45, 2.75) is 12.8 Å². The molecule has 0 saturated heterocycles. The number of nitrogens with two attached hydrogens (primary N) is 1. The highest BCUT2D eigenvalue weighted by molar-refractivity contribution is 6.31. The number of nitrogens with zero attached hydrogens (tertiary/aromatic N) is 1. The molecule has 1 aromatic rings. The van der Waals surface area contributed by atoms with E-state index < -0.39 is 0 Å². The van der Waals surface area contributed by atoms with Crippen LogP contribution in [-0.4, -0.2) is 12.9 Å². The molecular weight excluding hydrogens is 196 g/mol. The fraction of sp³-hybridized carbons (Fsp3) is 0.364. The largest absolute Gasteiger partial charge is 0.387 e. The van der Waals surface area contributed by atoms with E-state index >= 15 is 0 Å². The first-order valence-corrected chi connectivity index (χ1v) is 5.08. The van der Waals surface area contributed by atoms with Gasteiger partial charge in [-0.1, -0.05) is 23.7 Å². The monoisotopic (exact) mass is 208 g/mol. The summed E-state index contributed by atoms with van der Waals surface area (Å²) in [6.07, 6.45) is 1.90. The Morgan fingerprint density at radius 2 is 2.29 bits per heavy atom. The molecule has 3 heteroatoms. The van der Waals surface area contributed by atoms with Gasteiger partial charge in [0.25, 0.3) is 0 Å². The van der Waals surface area contributed by atoms with Crippen LogP contribution in [0.25, 0.3) is 0 Å². The Kier molecular flexibility index (Phi) is 2.46. The van der Waals surface area contributed by atoms with Crippen molar-refractivity contribution in [3.8, 4) is 0 Å². The Labute approximate surface area is 88.8 Å². The van der Waals surface area contributed by atoms with Gasteiger partial charge in [0.15, 0.2) is 0 Å². The van der Waals surface area contributed by atoms with Gasteiger partial charge in [0.1, 0.15) is 0 Å². The van der Waals surface area contributed by atoms with Crippen LogP contribution >= 0.6 is 11.6 Å². The zero-order chi connectivity index (χ0) is 10.1. The number of hydrogen-bond donors (Lipinski definition) is 1. The van der Waals surface area contributed by atoms with Crippen molar-refractivity contribution in [3.63, 3.8) is 0 Å². The molecule has 0 spiro atoms. The van der Waals surface area contributed by atoms with Gasteiger partial charge < -0.3 is 5.73 Å². The Balaban J connectivity index is 2.30. The minimum Gasteiger partial charge on any atom is -0.387 e. The summed E-state index contributed by atoms with van der Waals surface area (Å²) in [7, 11) is 1.74. The third kappa shape index (κ3) is 1.50. The smallest absolute Gasteiger partial charge is 0.0971 e. The minimum atomic E-state index is 0.342. The van der Waals surface area contributed by atoms with E-state index in [0.717, 1.165) is 23.7 Å². The molecule has 0 aromatic heterocycles. The van der Waals surface area contributed by atoms with Gasteiger partial charge in [-0.05, 0) is 30.0 Å². The summed E-state index contributed by atoms with van der Waals surface area (Å²) in [6.45, 7) is 0. The van der Waals surface area contributed by atoms with Crippen molar-refractivity contribution in [2.75, 3.05) is 7.05 Å². The van der Waals surface area contributed by atoms with Gasteiger partial charge in [-0.25, -0.2) is 0 Å². The summed E-state index contributed by atoms with van der Waals surface area (Å²) in [4.78, 5) is 4.03. The average Bonchev–Trinajstić information content (AvgIpc) is 2.62. The van der Waals surface area contributed by atoms with Crippen LogP contribution in [0.1, 0.15) is 11.1 Å². The standard InChI is InChI=1S/C11H13ClN2/c1-14-11(13)8-5-7-3-2-4-10(12)9(7)6-8/h2-4,8H,5-6H2,1H3,(H2,13,14). The molecule has 2 rings (SSSR count). The van der Waals surface area contributed by atoms with E-state index in [4.69, 9.17) is 17.3 Å². The van der Waals surface area contributed by atoms with Crippen LogP contribution in [0.2, 0.25) is 5.02 Å². The highest BCUT2D eigenvalue weighted by Gasteiger charge is 2.25. The summed E-state index contributed by atoms with van der Waals surface area (Å²) in [5.74, 6) is 1.08. The lowest BCUT2D eigenvalue weighted by molar-refractivity contribution is 0.739. The van der Waals surface area contributed by atoms with Crippen LogP contribution in [0.4, 0.5) is 0 Å². The van der Waals surface area contributed by atoms with Crippen molar-refractivity contribution in [2.24, 2.45) is 16.6 Å². The Morgan fingerprint density at radius 1 is 1.50 bits per heavy atom. The van der Waals surface area contributed by atoms with Gasteiger partial charge >= 0.3 is 0 Å². The molecule has 74 valence electrons. The van der Waals surface area contributed by atoms with E-state index in [9.17, 15) is 0 Å². The second kappa shape index (κ2) is 3.62. The fourth-order valence-corrected chi connectivity index (χ4v) is 2.27. The first-order valence-electron chi connectivity index (χ1n) is 4.70. The molecule has 2 nitrogen and oxygen atoms in total. The molecule has 0 amide bonds. The van der Waals surface area contributed by atoms with E-state index in [1.165, 1.54) is 11.1 Å². The third-order valence-electron chi connectivity index (χ3n) is 2.81. The van der Waals surface area contributed by atoms with Gasteiger partial charge in [-0.15, -0.1) is 0 Å². The maximum atomic E-state index is 6.10. The third-order valence-corrected chi connectivity index (χ3v) is 3.16. The van der Waals surface area contributed by atoms with Crippen LogP contribution in [0.15, 0.2) is 23.2 Å². The van der Waals surface area contributed by atoms with Gasteiger partial charge in [0.05, 0.1) is 5.84 Å². The van der Waals surface area contributed by atoms with Crippen LogP contribution < -0.4 is 5.73 Å². The van der Waals surface area contributed by atoms with Crippen molar-refractivity contribution >= 4 is 17.4 Å². The second-order valence-electron chi connectivity index (χ2n) is 3.63. The van der Waals surface area contributed by atoms with Crippen molar-refractivity contribution in [1.29, 1.82) is 0 Å². The summed E-state index contributed by atoms with van der Waals surface area (Å²) < 4.78 is 0. The van der Waals surface area contributed by atoms with Crippen molar-refractivity contribution in [1.82, 2.24) is 0 Å². The SMILES string of the molecule is CN=C(N)C1Cc2cccc(Cl)c2C1. The Bertz CT molecular complexity index is 385. The van der Waals surface area contributed by atoms with Gasteiger partial charge in [-0.3, -0.25) is 4.99 Å². The fourth-order valence-electron chi connectivity index (χ4n) is 2.00. The lowest BCUT2D eigenvalue weighted by atomic mass is 10.1. The molecule has 2 N–H and O–H groups in total. The number of rotatable bonds is 1. The minimum absolute atomic E-state index is 0.342. The summed E-state index contributed by atoms with van der Waals surface area (Å²) >= 11 is 6.10. The number of hydrogen-bond acceptors (Lipinski definition) is 1. The highest BCUT2D eigenvalue weighted by Crippen LogP contribution is 2.31. The summed E-state index contributed by atoms with van der Waals surface area (Å²) in [5, 5.41) is 0.855.